The van der Waals surface area contributed by atoms with Crippen LogP contribution in [0.25, 0.3) is 0 Å². The van der Waals surface area contributed by atoms with Crippen LogP contribution < -0.4 is 37.2 Å². The molecule has 80 heavy (non-hydrogen) atoms. The second-order valence-corrected chi connectivity index (χ2v) is 29.7. The van der Waals surface area contributed by atoms with Crippen LogP contribution in [0.15, 0.2) is 97.1 Å². The van der Waals surface area contributed by atoms with E-state index in [2.05, 4.69) is 68.5 Å². The zero-order valence-corrected chi connectivity index (χ0v) is 49.4. The standard InChI is InChI=1S/C63H85N9O7Si/c1-39(64-6)56(73)69-52(61(78)72-38-80(8,9)37-54(72)60(77)68-51-23-15-19-45-17-11-13-21-49(45)51)34-43-28-26-41(27-29-43)24-25-42-30-32-46(33-31-42)58(75)66-47-35-53(59(76)67-50-22-14-18-44-16-10-12-20-48(44)50)71(36-47)62(79)55(63(3,4)5)70-57(74)40(2)65-7/h10-13,16-17,20-21,26-33,39-40,47,50-55,64-65H,14-15,18-19,22-25,34-38H2,1-9H3,(H,66,75)(H,67,76)(H,68,77)(H,69,73)(H,70,74)/t39-,40-,47?,50?,51?,52?,53-,54-,55+/m0/s1. The molecule has 2 aliphatic carbocycles. The zero-order chi connectivity index (χ0) is 57.5. The van der Waals surface area contributed by atoms with E-state index in [0.717, 1.165) is 66.3 Å². The normalized spacial score (nSPS) is 21.9. The molecule has 7 N–H and O–H groups in total. The van der Waals surface area contributed by atoms with Gasteiger partial charge in [-0.25, -0.2) is 0 Å². The van der Waals surface area contributed by atoms with E-state index in [0.29, 0.717) is 30.6 Å². The first-order valence-corrected chi connectivity index (χ1v) is 32.3. The first-order chi connectivity index (χ1) is 38.1. The topological polar surface area (TPSA) is 210 Å². The van der Waals surface area contributed by atoms with Crippen LogP contribution in [0.1, 0.15) is 128 Å². The maximum atomic E-state index is 14.7. The van der Waals surface area contributed by atoms with Crippen LogP contribution >= 0.6 is 0 Å². The number of nitrogens with zero attached hydrogens (tertiary/aromatic N) is 2. The summed E-state index contributed by atoms with van der Waals surface area (Å²) in [6, 6.07) is 27.3. The van der Waals surface area contributed by atoms with Crippen molar-refractivity contribution in [2.24, 2.45) is 5.41 Å². The minimum Gasteiger partial charge on any atom is -0.348 e. The van der Waals surface area contributed by atoms with Gasteiger partial charge in [-0.2, -0.15) is 0 Å². The van der Waals surface area contributed by atoms with Gasteiger partial charge in [0.25, 0.3) is 5.91 Å². The molecule has 2 heterocycles. The number of likely N-dealkylation sites (N-methyl/N-ethyl adjacent to an activating group) is 2. The molecular weight excluding hydrogens is 1020 g/mol. The predicted molar refractivity (Wildman–Crippen MR) is 314 cm³/mol. The van der Waals surface area contributed by atoms with Crippen LogP contribution in [0.3, 0.4) is 0 Å². The molecule has 0 spiro atoms. The van der Waals surface area contributed by atoms with E-state index in [1.807, 2.05) is 87.5 Å². The summed E-state index contributed by atoms with van der Waals surface area (Å²) in [6.07, 6.45) is 7.87. The third-order valence-electron chi connectivity index (χ3n) is 16.9. The maximum absolute atomic E-state index is 14.7. The Morgan fingerprint density at radius 1 is 0.613 bits per heavy atom. The number of likely N-dealkylation sites (tertiary alicyclic amines) is 1. The van der Waals surface area contributed by atoms with Gasteiger partial charge in [0.2, 0.25) is 35.4 Å². The molecule has 16 nitrogen and oxygen atoms in total. The molecule has 8 rings (SSSR count). The SMILES string of the molecule is CN[C@@H](C)C(=O)NC(Cc1ccc(CCc2ccc(C(=O)NC3C[C@@H](C(=O)NC4CCCc5ccccc54)N(C(=O)[C@@H](NC(=O)[C@H](C)NC)C(C)(C)C)C3)cc2)cc1)C(=O)N1C[Si](C)(C)C[C@H]1C(=O)NC1CCCc2ccccc21. The molecule has 0 aromatic heterocycles. The highest BCUT2D eigenvalue weighted by Gasteiger charge is 2.48. The van der Waals surface area contributed by atoms with Crippen molar-refractivity contribution in [1.82, 2.24) is 47.0 Å². The molecule has 428 valence electrons. The Kier molecular flexibility index (Phi) is 19.2. The predicted octanol–water partition coefficient (Wildman–Crippen LogP) is 5.79. The third kappa shape index (κ3) is 14.4. The fourth-order valence-electron chi connectivity index (χ4n) is 12.0. The molecular formula is C63H85N9O7Si. The molecule has 4 aliphatic rings. The van der Waals surface area contributed by atoms with Crippen molar-refractivity contribution in [3.63, 3.8) is 0 Å². The Labute approximate surface area is 474 Å². The second kappa shape index (κ2) is 25.8. The number of nitrogens with one attached hydrogen (secondary N) is 7. The molecule has 0 saturated carbocycles. The molecule has 4 aromatic rings. The van der Waals surface area contributed by atoms with Crippen LogP contribution in [0.4, 0.5) is 0 Å². The number of aryl methyl sites for hydroxylation is 4. The maximum Gasteiger partial charge on any atom is 0.251 e. The van der Waals surface area contributed by atoms with E-state index in [1.165, 1.54) is 16.0 Å². The summed E-state index contributed by atoms with van der Waals surface area (Å²) < 4.78 is 0. The van der Waals surface area contributed by atoms with Crippen LogP contribution in [0, 0.1) is 5.41 Å². The fraction of sp³-hybridized carbons (Fsp3) is 0.508. The monoisotopic (exact) mass is 1110 g/mol. The van der Waals surface area contributed by atoms with Gasteiger partial charge in [-0.15, -0.1) is 0 Å². The molecule has 2 fully saturated rings. The number of rotatable bonds is 19. The number of amides is 7. The van der Waals surface area contributed by atoms with Gasteiger partial charge in [0.05, 0.1) is 32.2 Å². The highest BCUT2D eigenvalue weighted by molar-refractivity contribution is 6.79. The third-order valence-corrected chi connectivity index (χ3v) is 19.6. The molecule has 4 aromatic carbocycles. The van der Waals surface area contributed by atoms with Crippen LogP contribution in [0.5, 0.6) is 0 Å². The number of hydrogen-bond donors (Lipinski definition) is 7. The lowest BCUT2D eigenvalue weighted by Gasteiger charge is -2.36. The van der Waals surface area contributed by atoms with Crippen LogP contribution in [-0.4, -0.2) is 128 Å². The molecule has 0 radical (unpaired) electrons. The smallest absolute Gasteiger partial charge is 0.251 e. The first-order valence-electron chi connectivity index (χ1n) is 28.9. The largest absolute Gasteiger partial charge is 0.348 e. The first kappa shape index (κ1) is 59.4. The Bertz CT molecular complexity index is 2890. The molecule has 2 aliphatic heterocycles. The Morgan fingerprint density at radius 2 is 1.11 bits per heavy atom. The average Bonchev–Trinajstić information content (AvgIpc) is 4.10. The van der Waals surface area contributed by atoms with Crippen molar-refractivity contribution < 1.29 is 33.6 Å². The van der Waals surface area contributed by atoms with Gasteiger partial charge >= 0.3 is 0 Å². The van der Waals surface area contributed by atoms with E-state index in [9.17, 15) is 33.6 Å². The summed E-state index contributed by atoms with van der Waals surface area (Å²) in [7, 11) is 1.41. The summed E-state index contributed by atoms with van der Waals surface area (Å²) in [5.74, 6) is -1.98. The summed E-state index contributed by atoms with van der Waals surface area (Å²) in [6.45, 7) is 13.6. The lowest BCUT2D eigenvalue weighted by molar-refractivity contribution is -0.144. The van der Waals surface area contributed by atoms with Crippen molar-refractivity contribution in [3.8, 4) is 0 Å². The number of fused-ring (bicyclic) bond motifs is 2. The van der Waals surface area contributed by atoms with E-state index in [1.54, 1.807) is 45.0 Å². The van der Waals surface area contributed by atoms with Gasteiger partial charge in [0.1, 0.15) is 24.2 Å². The van der Waals surface area contributed by atoms with Crippen molar-refractivity contribution in [2.75, 3.05) is 26.8 Å². The van der Waals surface area contributed by atoms with Gasteiger partial charge in [0, 0.05) is 30.7 Å². The van der Waals surface area contributed by atoms with Gasteiger partial charge in [-0.1, -0.05) is 119 Å². The van der Waals surface area contributed by atoms with E-state index in [4.69, 9.17) is 0 Å². The summed E-state index contributed by atoms with van der Waals surface area (Å²) >= 11 is 0. The van der Waals surface area contributed by atoms with Crippen molar-refractivity contribution in [2.45, 2.75) is 172 Å². The highest BCUT2D eigenvalue weighted by atomic mass is 28.3. The van der Waals surface area contributed by atoms with Crippen LogP contribution in [0.2, 0.25) is 19.1 Å². The summed E-state index contributed by atoms with van der Waals surface area (Å²) in [5.41, 5.74) is 7.43. The van der Waals surface area contributed by atoms with Crippen LogP contribution in [-0.2, 0) is 60.9 Å². The molecule has 4 unspecified atom stereocenters. The Balaban J connectivity index is 0.899. The van der Waals surface area contributed by atoms with E-state index in [-0.39, 0.29) is 72.8 Å². The lowest BCUT2D eigenvalue weighted by atomic mass is 9.85. The van der Waals surface area contributed by atoms with Gasteiger partial charge in [-0.05, 0) is 148 Å². The lowest BCUT2D eigenvalue weighted by Crippen LogP contribution is -2.59. The molecule has 0 bridgehead atoms. The Morgan fingerprint density at radius 3 is 1.65 bits per heavy atom. The van der Waals surface area contributed by atoms with Gasteiger partial charge in [-0.3, -0.25) is 33.6 Å². The molecule has 9 atom stereocenters. The number of benzene rings is 4. The van der Waals surface area contributed by atoms with Gasteiger partial charge in [0.15, 0.2) is 0 Å². The van der Waals surface area contributed by atoms with E-state index < -0.39 is 55.8 Å². The Hall–Kier alpha value is -6.69. The number of carbonyl (C=O) groups is 7. The molecule has 17 heteroatoms. The fourth-order valence-corrected chi connectivity index (χ4v) is 14.9. The summed E-state index contributed by atoms with van der Waals surface area (Å²) in [4.78, 5) is 102. The van der Waals surface area contributed by atoms with Crippen molar-refractivity contribution >= 4 is 49.4 Å². The minimum absolute atomic E-state index is 0.0971. The second-order valence-electron chi connectivity index (χ2n) is 24.7. The highest BCUT2D eigenvalue weighted by Crippen LogP contribution is 2.34. The number of carbonyl (C=O) groups excluding carboxylic acids is 7. The quantitative estimate of drug-likeness (QED) is 0.0566. The minimum atomic E-state index is -1.97. The van der Waals surface area contributed by atoms with Crippen molar-refractivity contribution in [3.05, 3.63) is 142 Å². The van der Waals surface area contributed by atoms with E-state index >= 15 is 0 Å². The van der Waals surface area contributed by atoms with Crippen molar-refractivity contribution in [1.29, 1.82) is 0 Å². The number of hydrogen-bond acceptors (Lipinski definition) is 9. The molecule has 7 amide bonds. The summed E-state index contributed by atoms with van der Waals surface area (Å²) in [5, 5.41) is 21.6. The molecule has 2 saturated heterocycles. The zero-order valence-electron chi connectivity index (χ0n) is 48.4. The van der Waals surface area contributed by atoms with Gasteiger partial charge < -0.3 is 47.0 Å². The average molecular weight is 1110 g/mol.